The van der Waals surface area contributed by atoms with Crippen molar-refractivity contribution in [3.63, 3.8) is 0 Å². The number of hydrogen-bond acceptors (Lipinski definition) is 1. The molecule has 94 valence electrons. The van der Waals surface area contributed by atoms with Crippen LogP contribution in [0.2, 0.25) is 0 Å². The van der Waals surface area contributed by atoms with Crippen molar-refractivity contribution in [2.24, 2.45) is 4.99 Å². The topological polar surface area (TPSA) is 15.6 Å². The Kier molecular flexibility index (Phi) is 6.38. The second-order valence-corrected chi connectivity index (χ2v) is 4.53. The Morgan fingerprint density at radius 3 is 2.35 bits per heavy atom. The lowest BCUT2D eigenvalue weighted by Crippen LogP contribution is -2.23. The van der Waals surface area contributed by atoms with Gasteiger partial charge in [0.15, 0.2) is 0 Å². The van der Waals surface area contributed by atoms with E-state index in [1.165, 1.54) is 31.2 Å². The summed E-state index contributed by atoms with van der Waals surface area (Å²) >= 11 is 0. The zero-order valence-corrected chi connectivity index (χ0v) is 11.3. The number of rotatable bonds is 6. The van der Waals surface area contributed by atoms with E-state index in [0.29, 0.717) is 0 Å². The molecule has 0 aliphatic rings. The fourth-order valence-corrected chi connectivity index (χ4v) is 1.80. The van der Waals surface area contributed by atoms with Crippen molar-refractivity contribution < 1.29 is 0 Å². The van der Waals surface area contributed by atoms with Crippen molar-refractivity contribution in [3.8, 4) is 0 Å². The first kappa shape index (κ1) is 13.8. The Morgan fingerprint density at radius 1 is 1.06 bits per heavy atom. The molecule has 2 heteroatoms. The molecule has 1 aromatic carbocycles. The number of benzene rings is 1. The van der Waals surface area contributed by atoms with Gasteiger partial charge in [0, 0.05) is 26.2 Å². The molecule has 0 aromatic heterocycles. The molecule has 0 saturated carbocycles. The van der Waals surface area contributed by atoms with Gasteiger partial charge in [-0.3, -0.25) is 4.99 Å². The van der Waals surface area contributed by atoms with Gasteiger partial charge in [0.25, 0.3) is 0 Å². The third-order valence-corrected chi connectivity index (χ3v) is 2.73. The molecule has 0 spiro atoms. The summed E-state index contributed by atoms with van der Waals surface area (Å²) in [6, 6.07) is 10.4. The minimum atomic E-state index is 0.933. The van der Waals surface area contributed by atoms with E-state index >= 15 is 0 Å². The van der Waals surface area contributed by atoms with Gasteiger partial charge < -0.3 is 4.90 Å². The van der Waals surface area contributed by atoms with Crippen LogP contribution >= 0.6 is 0 Å². The van der Waals surface area contributed by atoms with E-state index in [2.05, 4.69) is 50.2 Å². The molecular formula is C15H24N2. The van der Waals surface area contributed by atoms with Crippen molar-refractivity contribution >= 4 is 5.84 Å². The zero-order chi connectivity index (χ0) is 12.5. The Balaban J connectivity index is 2.57. The second-order valence-electron chi connectivity index (χ2n) is 4.53. The summed E-state index contributed by atoms with van der Waals surface area (Å²) < 4.78 is 0. The average Bonchev–Trinajstić information content (AvgIpc) is 2.34. The molecule has 17 heavy (non-hydrogen) atoms. The highest BCUT2D eigenvalue weighted by Gasteiger charge is 2.03. The van der Waals surface area contributed by atoms with Gasteiger partial charge >= 0.3 is 0 Å². The second kappa shape index (κ2) is 7.88. The monoisotopic (exact) mass is 232 g/mol. The van der Waals surface area contributed by atoms with Crippen LogP contribution < -0.4 is 0 Å². The summed E-state index contributed by atoms with van der Waals surface area (Å²) in [6.07, 6.45) is 5.08. The van der Waals surface area contributed by atoms with Crippen LogP contribution in [0.25, 0.3) is 0 Å². The van der Waals surface area contributed by atoms with Gasteiger partial charge in [-0.05, 0) is 6.42 Å². The maximum Gasteiger partial charge on any atom is 0.130 e. The first-order valence-corrected chi connectivity index (χ1v) is 6.53. The summed E-state index contributed by atoms with van der Waals surface area (Å²) in [6.45, 7) is 3.17. The molecule has 0 aliphatic carbocycles. The van der Waals surface area contributed by atoms with Gasteiger partial charge in [0.1, 0.15) is 5.84 Å². The van der Waals surface area contributed by atoms with Crippen molar-refractivity contribution in [2.45, 2.75) is 32.6 Å². The summed E-state index contributed by atoms with van der Waals surface area (Å²) in [5.74, 6) is 1.09. The molecule has 1 aromatic rings. The molecule has 0 N–H and O–H groups in total. The van der Waals surface area contributed by atoms with Gasteiger partial charge in [0.05, 0.1) is 0 Å². The van der Waals surface area contributed by atoms with Crippen LogP contribution in [-0.4, -0.2) is 31.4 Å². The molecule has 0 radical (unpaired) electrons. The molecule has 0 amide bonds. The van der Waals surface area contributed by atoms with Crippen LogP contribution in [0, 0.1) is 0 Å². The molecule has 1 rings (SSSR count). The van der Waals surface area contributed by atoms with E-state index < -0.39 is 0 Å². The van der Waals surface area contributed by atoms with E-state index in [9.17, 15) is 0 Å². The Morgan fingerprint density at radius 2 is 1.76 bits per heavy atom. The predicted molar refractivity (Wildman–Crippen MR) is 75.7 cm³/mol. The molecule has 0 aliphatic heterocycles. The van der Waals surface area contributed by atoms with Gasteiger partial charge in [0.2, 0.25) is 0 Å². The highest BCUT2D eigenvalue weighted by molar-refractivity contribution is 5.98. The summed E-state index contributed by atoms with van der Waals surface area (Å²) in [5, 5.41) is 0. The van der Waals surface area contributed by atoms with Crippen LogP contribution in [0.1, 0.15) is 38.2 Å². The van der Waals surface area contributed by atoms with Crippen molar-refractivity contribution in [1.82, 2.24) is 4.90 Å². The standard InChI is InChI=1S/C15H24N2/c1-4-5-6-10-13-16-15(17(2)3)14-11-8-7-9-12-14/h7-9,11-12H,4-6,10,13H2,1-3H3. The van der Waals surface area contributed by atoms with E-state index in [0.717, 1.165) is 12.4 Å². The number of hydrogen-bond donors (Lipinski definition) is 0. The highest BCUT2D eigenvalue weighted by atomic mass is 15.1. The number of amidine groups is 1. The van der Waals surface area contributed by atoms with E-state index in [1.807, 2.05) is 6.07 Å². The lowest BCUT2D eigenvalue weighted by molar-refractivity contribution is 0.612. The molecule has 0 atom stereocenters. The maximum absolute atomic E-state index is 4.71. The number of nitrogens with zero attached hydrogens (tertiary/aromatic N) is 2. The molecule has 0 fully saturated rings. The Hall–Kier alpha value is -1.31. The predicted octanol–water partition coefficient (Wildman–Crippen LogP) is 3.58. The van der Waals surface area contributed by atoms with Crippen LogP contribution in [0.15, 0.2) is 35.3 Å². The first-order valence-electron chi connectivity index (χ1n) is 6.53. The molecule has 0 bridgehead atoms. The van der Waals surface area contributed by atoms with Crippen LogP contribution in [0.3, 0.4) is 0 Å². The number of unbranched alkanes of at least 4 members (excludes halogenated alkanes) is 3. The summed E-state index contributed by atoms with van der Waals surface area (Å²) in [4.78, 5) is 6.80. The van der Waals surface area contributed by atoms with Crippen molar-refractivity contribution in [1.29, 1.82) is 0 Å². The highest BCUT2D eigenvalue weighted by Crippen LogP contribution is 2.05. The van der Waals surface area contributed by atoms with Gasteiger partial charge in [-0.25, -0.2) is 0 Å². The smallest absolute Gasteiger partial charge is 0.130 e. The van der Waals surface area contributed by atoms with Gasteiger partial charge in [-0.2, -0.15) is 0 Å². The number of aliphatic imine (C=N–C) groups is 1. The van der Waals surface area contributed by atoms with Crippen LogP contribution in [0.4, 0.5) is 0 Å². The van der Waals surface area contributed by atoms with Gasteiger partial charge in [-0.15, -0.1) is 0 Å². The first-order chi connectivity index (χ1) is 8.25. The van der Waals surface area contributed by atoms with Crippen molar-refractivity contribution in [3.05, 3.63) is 35.9 Å². The minimum absolute atomic E-state index is 0.933. The van der Waals surface area contributed by atoms with E-state index in [1.54, 1.807) is 0 Å². The molecule has 0 unspecified atom stereocenters. The average molecular weight is 232 g/mol. The Labute approximate surface area is 105 Å². The molecule has 0 saturated heterocycles. The van der Waals surface area contributed by atoms with Crippen LogP contribution in [0.5, 0.6) is 0 Å². The SMILES string of the molecule is CCCCCCN=C(c1ccccc1)N(C)C. The molecule has 0 heterocycles. The molecule has 2 nitrogen and oxygen atoms in total. The van der Waals surface area contributed by atoms with Crippen LogP contribution in [-0.2, 0) is 0 Å². The maximum atomic E-state index is 4.71. The van der Waals surface area contributed by atoms with Gasteiger partial charge in [-0.1, -0.05) is 56.5 Å². The lowest BCUT2D eigenvalue weighted by atomic mass is 10.2. The quantitative estimate of drug-likeness (QED) is 0.416. The molecular weight excluding hydrogens is 208 g/mol. The third kappa shape index (κ3) is 5.03. The van der Waals surface area contributed by atoms with E-state index in [-0.39, 0.29) is 0 Å². The third-order valence-electron chi connectivity index (χ3n) is 2.73. The fourth-order valence-electron chi connectivity index (χ4n) is 1.80. The van der Waals surface area contributed by atoms with E-state index in [4.69, 9.17) is 4.99 Å². The summed E-state index contributed by atoms with van der Waals surface area (Å²) in [5.41, 5.74) is 1.20. The minimum Gasteiger partial charge on any atom is -0.363 e. The van der Waals surface area contributed by atoms with Crippen molar-refractivity contribution in [2.75, 3.05) is 20.6 Å². The fraction of sp³-hybridized carbons (Fsp3) is 0.533. The summed E-state index contributed by atoms with van der Waals surface area (Å²) in [7, 11) is 4.11. The normalized spacial score (nSPS) is 11.6. The lowest BCUT2D eigenvalue weighted by Gasteiger charge is -2.16. The zero-order valence-electron chi connectivity index (χ0n) is 11.3. The largest absolute Gasteiger partial charge is 0.363 e. The Bertz CT molecular complexity index is 328.